The van der Waals surface area contributed by atoms with Crippen molar-refractivity contribution in [3.63, 3.8) is 0 Å². The van der Waals surface area contributed by atoms with Crippen LogP contribution in [0.15, 0.2) is 109 Å². The van der Waals surface area contributed by atoms with Crippen molar-refractivity contribution in [1.82, 2.24) is 10.6 Å². The van der Waals surface area contributed by atoms with E-state index in [4.69, 9.17) is 14.2 Å². The number of hydrogen-bond acceptors (Lipinski definition) is 7. The fraction of sp³-hybridized carbons (Fsp3) is 0.206. The molecule has 0 saturated carbocycles. The van der Waals surface area contributed by atoms with Gasteiger partial charge in [0.05, 0.1) is 0 Å². The van der Waals surface area contributed by atoms with Gasteiger partial charge in [0.15, 0.2) is 11.5 Å². The minimum atomic E-state index is -1.11. The monoisotopic (exact) mass is 582 g/mol. The number of amides is 2. The van der Waals surface area contributed by atoms with E-state index in [0.717, 1.165) is 16.7 Å². The highest BCUT2D eigenvalue weighted by Gasteiger charge is 2.26. The van der Waals surface area contributed by atoms with Crippen molar-refractivity contribution in [2.75, 3.05) is 0 Å². The van der Waals surface area contributed by atoms with Crippen LogP contribution in [0, 0.1) is 0 Å². The van der Waals surface area contributed by atoms with Crippen LogP contribution in [0.5, 0.6) is 11.5 Å². The second-order valence-corrected chi connectivity index (χ2v) is 9.86. The van der Waals surface area contributed by atoms with Gasteiger partial charge < -0.3 is 30.0 Å². The van der Waals surface area contributed by atoms with Crippen LogP contribution in [0.25, 0.3) is 0 Å². The molecule has 0 unspecified atom stereocenters. The van der Waals surface area contributed by atoms with Crippen molar-refractivity contribution in [3.8, 4) is 11.5 Å². The van der Waals surface area contributed by atoms with Crippen molar-refractivity contribution in [1.29, 1.82) is 0 Å². The summed E-state index contributed by atoms with van der Waals surface area (Å²) in [5, 5.41) is 15.6. The van der Waals surface area contributed by atoms with Crippen LogP contribution in [0.4, 0.5) is 4.79 Å². The lowest BCUT2D eigenvalue weighted by atomic mass is 10.0. The van der Waals surface area contributed by atoms with Crippen molar-refractivity contribution in [2.24, 2.45) is 0 Å². The normalized spacial score (nSPS) is 11.9. The molecular formula is C34H34N2O7. The van der Waals surface area contributed by atoms with E-state index in [-0.39, 0.29) is 37.7 Å². The Morgan fingerprint density at radius 2 is 1.21 bits per heavy atom. The average molecular weight is 583 g/mol. The average Bonchev–Trinajstić information content (AvgIpc) is 3.04. The van der Waals surface area contributed by atoms with Gasteiger partial charge in [0.2, 0.25) is 5.91 Å². The first kappa shape index (κ1) is 30.6. The molecule has 9 heteroatoms. The predicted octanol–water partition coefficient (Wildman–Crippen LogP) is 5.06. The Hall–Kier alpha value is -5.31. The molecule has 4 rings (SSSR count). The Bertz CT molecular complexity index is 1480. The molecule has 3 N–H and O–H groups in total. The molecule has 43 heavy (non-hydrogen) atoms. The first-order chi connectivity index (χ1) is 20.9. The summed E-state index contributed by atoms with van der Waals surface area (Å²) < 4.78 is 16.5. The largest absolute Gasteiger partial charge is 0.504 e. The summed E-state index contributed by atoms with van der Waals surface area (Å²) in [7, 11) is 0. The summed E-state index contributed by atoms with van der Waals surface area (Å²) in [5.41, 5.74) is 3.11. The number of hydrogen-bond donors (Lipinski definition) is 3. The minimum Gasteiger partial charge on any atom is -0.504 e. The molecule has 0 aliphatic rings. The van der Waals surface area contributed by atoms with E-state index in [9.17, 15) is 19.5 Å². The molecule has 222 valence electrons. The lowest BCUT2D eigenvalue weighted by molar-refractivity contribution is -0.148. The minimum absolute atomic E-state index is 0.0138. The van der Waals surface area contributed by atoms with Gasteiger partial charge in [-0.25, -0.2) is 9.59 Å². The van der Waals surface area contributed by atoms with Crippen LogP contribution in [0.1, 0.15) is 29.2 Å². The maximum Gasteiger partial charge on any atom is 0.408 e. The molecule has 0 bridgehead atoms. The first-order valence-corrected chi connectivity index (χ1v) is 13.8. The summed E-state index contributed by atoms with van der Waals surface area (Å²) >= 11 is 0. The van der Waals surface area contributed by atoms with E-state index in [2.05, 4.69) is 10.6 Å². The van der Waals surface area contributed by atoms with Gasteiger partial charge in [-0.2, -0.15) is 0 Å². The van der Waals surface area contributed by atoms with E-state index in [1.807, 2.05) is 91.0 Å². The second kappa shape index (κ2) is 15.6. The Kier molecular flexibility index (Phi) is 11.1. The molecular weight excluding hydrogens is 548 g/mol. The Balaban J connectivity index is 1.42. The third-order valence-corrected chi connectivity index (χ3v) is 6.46. The third-order valence-electron chi connectivity index (χ3n) is 6.46. The fourth-order valence-electron chi connectivity index (χ4n) is 4.12. The zero-order chi connectivity index (χ0) is 30.4. The number of benzene rings is 4. The van der Waals surface area contributed by atoms with E-state index >= 15 is 0 Å². The van der Waals surface area contributed by atoms with Crippen LogP contribution >= 0.6 is 0 Å². The van der Waals surface area contributed by atoms with Crippen molar-refractivity contribution < 1.29 is 33.7 Å². The molecule has 0 radical (unpaired) electrons. The zero-order valence-electron chi connectivity index (χ0n) is 23.8. The molecule has 9 nitrogen and oxygen atoms in total. The predicted molar refractivity (Wildman–Crippen MR) is 160 cm³/mol. The summed E-state index contributed by atoms with van der Waals surface area (Å²) in [6.07, 6.45) is -0.775. The molecule has 0 heterocycles. The maximum absolute atomic E-state index is 13.3. The number of carbonyl (C=O) groups is 3. The quantitative estimate of drug-likeness (QED) is 0.188. The summed E-state index contributed by atoms with van der Waals surface area (Å²) in [5.74, 6) is -1.07. The van der Waals surface area contributed by atoms with Gasteiger partial charge in [-0.3, -0.25) is 4.79 Å². The number of ether oxygens (including phenoxy) is 3. The zero-order valence-corrected chi connectivity index (χ0v) is 23.8. The number of phenols is 1. The SMILES string of the molecule is C[C@H](NC(=O)[C@H](Cc1ccc(O)c(OCc2ccccc2)c1)NC(=O)OCc1ccccc1)C(=O)OCc1ccccc1. The molecule has 2 amide bonds. The fourth-order valence-corrected chi connectivity index (χ4v) is 4.12. The van der Waals surface area contributed by atoms with Gasteiger partial charge in [-0.1, -0.05) is 97.1 Å². The second-order valence-electron chi connectivity index (χ2n) is 9.86. The summed E-state index contributed by atoms with van der Waals surface area (Å²) in [4.78, 5) is 38.6. The third kappa shape index (κ3) is 9.93. The Labute approximate surface area is 250 Å². The molecule has 0 aromatic heterocycles. The molecule has 0 fully saturated rings. The van der Waals surface area contributed by atoms with Gasteiger partial charge in [-0.05, 0) is 41.3 Å². The van der Waals surface area contributed by atoms with E-state index < -0.39 is 30.1 Å². The van der Waals surface area contributed by atoms with Crippen LogP contribution < -0.4 is 15.4 Å². The number of rotatable bonds is 13. The number of aromatic hydroxyl groups is 1. The highest BCUT2D eigenvalue weighted by atomic mass is 16.5. The summed E-state index contributed by atoms with van der Waals surface area (Å²) in [6, 6.07) is 30.4. The molecule has 0 aliphatic carbocycles. The lowest BCUT2D eigenvalue weighted by Gasteiger charge is -2.21. The molecule has 0 aliphatic heterocycles. The lowest BCUT2D eigenvalue weighted by Crippen LogP contribution is -2.52. The Morgan fingerprint density at radius 3 is 1.79 bits per heavy atom. The number of phenolic OH excluding ortho intramolecular Hbond substituents is 1. The molecule has 4 aromatic rings. The van der Waals surface area contributed by atoms with Crippen molar-refractivity contribution in [3.05, 3.63) is 131 Å². The number of esters is 1. The van der Waals surface area contributed by atoms with E-state index in [0.29, 0.717) is 5.56 Å². The number of nitrogens with one attached hydrogen (secondary N) is 2. The molecule has 0 saturated heterocycles. The first-order valence-electron chi connectivity index (χ1n) is 13.8. The Morgan fingerprint density at radius 1 is 0.674 bits per heavy atom. The van der Waals surface area contributed by atoms with Gasteiger partial charge in [-0.15, -0.1) is 0 Å². The highest BCUT2D eigenvalue weighted by Crippen LogP contribution is 2.28. The van der Waals surface area contributed by atoms with Gasteiger partial charge >= 0.3 is 12.1 Å². The molecule has 4 aromatic carbocycles. The topological polar surface area (TPSA) is 123 Å². The van der Waals surface area contributed by atoms with Gasteiger partial charge in [0, 0.05) is 6.42 Å². The smallest absolute Gasteiger partial charge is 0.408 e. The van der Waals surface area contributed by atoms with Crippen molar-refractivity contribution >= 4 is 18.0 Å². The summed E-state index contributed by atoms with van der Waals surface area (Å²) in [6.45, 7) is 1.81. The molecule has 2 atom stereocenters. The van der Waals surface area contributed by atoms with Crippen LogP contribution in [0.2, 0.25) is 0 Å². The van der Waals surface area contributed by atoms with Gasteiger partial charge in [0.1, 0.15) is 31.9 Å². The maximum atomic E-state index is 13.3. The molecule has 0 spiro atoms. The van der Waals surface area contributed by atoms with Crippen molar-refractivity contribution in [2.45, 2.75) is 45.2 Å². The van der Waals surface area contributed by atoms with Crippen LogP contribution in [-0.4, -0.2) is 35.2 Å². The van der Waals surface area contributed by atoms with Crippen LogP contribution in [0.3, 0.4) is 0 Å². The standard InChI is InChI=1S/C34H34N2O7/c1-24(33(39)42-22-26-13-7-3-8-14-26)35-32(38)29(36-34(40)43-23-27-15-9-4-10-16-27)19-28-17-18-30(37)31(20-28)41-21-25-11-5-2-6-12-25/h2-18,20,24,29,37H,19,21-23H2,1H3,(H,35,38)(H,36,40)/t24-,29-/m0/s1. The van der Waals surface area contributed by atoms with E-state index in [1.165, 1.54) is 13.0 Å². The number of alkyl carbamates (subject to hydrolysis) is 1. The van der Waals surface area contributed by atoms with Gasteiger partial charge in [0.25, 0.3) is 0 Å². The highest BCUT2D eigenvalue weighted by molar-refractivity contribution is 5.89. The number of carbonyl (C=O) groups excluding carboxylic acids is 3. The van der Waals surface area contributed by atoms with Crippen LogP contribution in [-0.2, 0) is 45.3 Å². The van der Waals surface area contributed by atoms with E-state index in [1.54, 1.807) is 12.1 Å².